The summed E-state index contributed by atoms with van der Waals surface area (Å²) >= 11 is 1.63. The van der Waals surface area contributed by atoms with Crippen molar-refractivity contribution in [3.63, 3.8) is 0 Å². The number of nitrogens with zero attached hydrogens (tertiary/aromatic N) is 1. The molecule has 1 aliphatic heterocycles. The number of hydrogen-bond acceptors (Lipinski definition) is 5. The second-order valence-electron chi connectivity index (χ2n) is 4.86. The number of morpholine rings is 1. The highest BCUT2D eigenvalue weighted by Gasteiger charge is 2.17. The fraction of sp³-hybridized carbons (Fsp3) is 0.429. The standard InChI is InChI=1S/C14H17N3O2S/c1-9-16-12-3-2-10(6-13(12)20-9)17-14(18)7-11-8-15-4-5-19-11/h2-3,6,11,15H,4-5,7-8H2,1H3,(H,17,18). The molecule has 1 aromatic heterocycles. The number of carbonyl (C=O) groups is 1. The fourth-order valence-corrected chi connectivity index (χ4v) is 3.15. The Morgan fingerprint density at radius 2 is 2.50 bits per heavy atom. The number of ether oxygens (including phenoxy) is 1. The Hall–Kier alpha value is -1.50. The van der Waals surface area contributed by atoms with E-state index >= 15 is 0 Å². The highest BCUT2D eigenvalue weighted by molar-refractivity contribution is 7.18. The molecule has 1 aliphatic rings. The van der Waals surface area contributed by atoms with E-state index in [9.17, 15) is 4.79 Å². The second kappa shape index (κ2) is 5.87. The van der Waals surface area contributed by atoms with Crippen LogP contribution in [0.5, 0.6) is 0 Å². The van der Waals surface area contributed by atoms with E-state index in [0.717, 1.165) is 34.0 Å². The van der Waals surface area contributed by atoms with Crippen LogP contribution in [-0.4, -0.2) is 36.7 Å². The van der Waals surface area contributed by atoms with Gasteiger partial charge in [-0.1, -0.05) is 0 Å². The average Bonchev–Trinajstić information content (AvgIpc) is 2.79. The largest absolute Gasteiger partial charge is 0.375 e. The molecule has 2 aromatic rings. The molecule has 106 valence electrons. The van der Waals surface area contributed by atoms with E-state index in [1.165, 1.54) is 0 Å². The van der Waals surface area contributed by atoms with Crippen molar-refractivity contribution in [2.24, 2.45) is 0 Å². The minimum Gasteiger partial charge on any atom is -0.375 e. The van der Waals surface area contributed by atoms with E-state index in [0.29, 0.717) is 13.0 Å². The summed E-state index contributed by atoms with van der Waals surface area (Å²) in [7, 11) is 0. The Kier molecular flexibility index (Phi) is 3.95. The number of amides is 1. The molecule has 6 heteroatoms. The summed E-state index contributed by atoms with van der Waals surface area (Å²) in [5, 5.41) is 7.17. The van der Waals surface area contributed by atoms with Gasteiger partial charge in [-0.15, -0.1) is 11.3 Å². The van der Waals surface area contributed by atoms with Gasteiger partial charge in [0.25, 0.3) is 0 Å². The molecule has 1 aromatic carbocycles. The molecule has 1 fully saturated rings. The number of anilines is 1. The first-order valence-corrected chi connectivity index (χ1v) is 7.52. The summed E-state index contributed by atoms with van der Waals surface area (Å²) in [4.78, 5) is 16.4. The molecule has 1 amide bonds. The molecule has 1 unspecified atom stereocenters. The van der Waals surface area contributed by atoms with Crippen LogP contribution < -0.4 is 10.6 Å². The van der Waals surface area contributed by atoms with Crippen molar-refractivity contribution >= 4 is 33.1 Å². The molecule has 0 radical (unpaired) electrons. The Labute approximate surface area is 121 Å². The molecular weight excluding hydrogens is 274 g/mol. The van der Waals surface area contributed by atoms with Crippen LogP contribution in [0, 0.1) is 6.92 Å². The molecule has 1 atom stereocenters. The third-order valence-corrected chi connectivity index (χ3v) is 4.13. The van der Waals surface area contributed by atoms with Crippen molar-refractivity contribution in [3.8, 4) is 0 Å². The first-order chi connectivity index (χ1) is 9.70. The SMILES string of the molecule is Cc1nc2ccc(NC(=O)CC3CNCCO3)cc2s1. The van der Waals surface area contributed by atoms with E-state index in [2.05, 4.69) is 15.6 Å². The highest BCUT2D eigenvalue weighted by atomic mass is 32.1. The van der Waals surface area contributed by atoms with Crippen molar-refractivity contribution in [1.82, 2.24) is 10.3 Å². The van der Waals surface area contributed by atoms with Crippen LogP contribution >= 0.6 is 11.3 Å². The number of rotatable bonds is 3. The Morgan fingerprint density at radius 1 is 1.60 bits per heavy atom. The van der Waals surface area contributed by atoms with Gasteiger partial charge in [0.1, 0.15) is 0 Å². The van der Waals surface area contributed by atoms with Crippen LogP contribution in [0.15, 0.2) is 18.2 Å². The molecule has 0 saturated carbocycles. The molecule has 3 rings (SSSR count). The topological polar surface area (TPSA) is 63.2 Å². The van der Waals surface area contributed by atoms with Crippen molar-refractivity contribution in [3.05, 3.63) is 23.2 Å². The van der Waals surface area contributed by atoms with Crippen LogP contribution in [0.3, 0.4) is 0 Å². The summed E-state index contributed by atoms with van der Waals surface area (Å²) in [5.74, 6) is -0.0145. The molecule has 0 bridgehead atoms. The number of fused-ring (bicyclic) bond motifs is 1. The van der Waals surface area contributed by atoms with Crippen LogP contribution in [0.25, 0.3) is 10.2 Å². The van der Waals surface area contributed by atoms with E-state index in [1.807, 2.05) is 25.1 Å². The van der Waals surface area contributed by atoms with E-state index in [4.69, 9.17) is 4.74 Å². The van der Waals surface area contributed by atoms with Gasteiger partial charge in [-0.3, -0.25) is 4.79 Å². The smallest absolute Gasteiger partial charge is 0.227 e. The van der Waals surface area contributed by atoms with Gasteiger partial charge in [0, 0.05) is 18.8 Å². The number of carbonyl (C=O) groups excluding carboxylic acids is 1. The number of aryl methyl sites for hydroxylation is 1. The Balaban J connectivity index is 1.64. The summed E-state index contributed by atoms with van der Waals surface area (Å²) in [5.41, 5.74) is 1.79. The third kappa shape index (κ3) is 3.15. The van der Waals surface area contributed by atoms with Gasteiger partial charge < -0.3 is 15.4 Å². The van der Waals surface area contributed by atoms with Gasteiger partial charge in [0.05, 0.1) is 34.4 Å². The number of thiazole rings is 1. The predicted molar refractivity (Wildman–Crippen MR) is 80.2 cm³/mol. The van der Waals surface area contributed by atoms with Crippen molar-refractivity contribution in [2.45, 2.75) is 19.4 Å². The highest BCUT2D eigenvalue weighted by Crippen LogP contribution is 2.24. The summed E-state index contributed by atoms with van der Waals surface area (Å²) in [6.45, 7) is 4.25. The third-order valence-electron chi connectivity index (χ3n) is 3.20. The molecule has 5 nitrogen and oxygen atoms in total. The zero-order valence-electron chi connectivity index (χ0n) is 11.3. The molecular formula is C14H17N3O2S. The minimum atomic E-state index is -0.0295. The summed E-state index contributed by atoms with van der Waals surface area (Å²) in [6, 6.07) is 5.80. The zero-order chi connectivity index (χ0) is 13.9. The van der Waals surface area contributed by atoms with E-state index in [-0.39, 0.29) is 12.0 Å². The maximum absolute atomic E-state index is 12.0. The van der Waals surface area contributed by atoms with Crippen LogP contribution in [0.1, 0.15) is 11.4 Å². The first kappa shape index (κ1) is 13.5. The van der Waals surface area contributed by atoms with Gasteiger partial charge in [0.15, 0.2) is 0 Å². The van der Waals surface area contributed by atoms with Crippen molar-refractivity contribution in [1.29, 1.82) is 0 Å². The maximum atomic E-state index is 12.0. The summed E-state index contributed by atoms with van der Waals surface area (Å²) < 4.78 is 6.62. The second-order valence-corrected chi connectivity index (χ2v) is 6.10. The van der Waals surface area contributed by atoms with Gasteiger partial charge in [-0.2, -0.15) is 0 Å². The molecule has 20 heavy (non-hydrogen) atoms. The van der Waals surface area contributed by atoms with E-state index < -0.39 is 0 Å². The average molecular weight is 291 g/mol. The zero-order valence-corrected chi connectivity index (χ0v) is 12.1. The van der Waals surface area contributed by atoms with Gasteiger partial charge in [-0.05, 0) is 25.1 Å². The maximum Gasteiger partial charge on any atom is 0.227 e. The fourth-order valence-electron chi connectivity index (χ4n) is 2.29. The monoisotopic (exact) mass is 291 g/mol. The number of benzene rings is 1. The number of aromatic nitrogens is 1. The summed E-state index contributed by atoms with van der Waals surface area (Å²) in [6.07, 6.45) is 0.352. The van der Waals surface area contributed by atoms with Crippen LogP contribution in [-0.2, 0) is 9.53 Å². The lowest BCUT2D eigenvalue weighted by molar-refractivity contribution is -0.119. The molecule has 2 N–H and O–H groups in total. The Bertz CT molecular complexity index is 620. The molecule has 0 aliphatic carbocycles. The lowest BCUT2D eigenvalue weighted by Gasteiger charge is -2.23. The predicted octanol–water partition coefficient (Wildman–Crippen LogP) is 1.92. The van der Waals surface area contributed by atoms with Gasteiger partial charge in [-0.25, -0.2) is 4.98 Å². The van der Waals surface area contributed by atoms with Gasteiger partial charge in [0.2, 0.25) is 5.91 Å². The van der Waals surface area contributed by atoms with E-state index in [1.54, 1.807) is 11.3 Å². The number of hydrogen-bond donors (Lipinski definition) is 2. The lowest BCUT2D eigenvalue weighted by Crippen LogP contribution is -2.40. The van der Waals surface area contributed by atoms with Crippen LogP contribution in [0.2, 0.25) is 0 Å². The molecule has 2 heterocycles. The number of nitrogens with one attached hydrogen (secondary N) is 2. The quantitative estimate of drug-likeness (QED) is 0.907. The Morgan fingerprint density at radius 3 is 3.30 bits per heavy atom. The first-order valence-electron chi connectivity index (χ1n) is 6.70. The van der Waals surface area contributed by atoms with Crippen molar-refractivity contribution in [2.75, 3.05) is 25.0 Å². The normalized spacial score (nSPS) is 19.1. The molecule has 0 spiro atoms. The minimum absolute atomic E-state index is 0.0145. The lowest BCUT2D eigenvalue weighted by atomic mass is 10.2. The van der Waals surface area contributed by atoms with Crippen LogP contribution in [0.4, 0.5) is 5.69 Å². The molecule has 1 saturated heterocycles. The van der Waals surface area contributed by atoms with Gasteiger partial charge >= 0.3 is 0 Å². The van der Waals surface area contributed by atoms with Crippen molar-refractivity contribution < 1.29 is 9.53 Å².